The van der Waals surface area contributed by atoms with Gasteiger partial charge in [0.25, 0.3) is 5.56 Å². The van der Waals surface area contributed by atoms with Gasteiger partial charge in [-0.1, -0.05) is 31.0 Å². The average Bonchev–Trinajstić information content (AvgIpc) is 3.17. The first-order valence-electron chi connectivity index (χ1n) is 9.22. The number of hydrogen-bond donors (Lipinski definition) is 2. The van der Waals surface area contributed by atoms with Gasteiger partial charge in [0.05, 0.1) is 29.6 Å². The zero-order valence-electron chi connectivity index (χ0n) is 15.1. The maximum atomic E-state index is 12.3. The lowest BCUT2D eigenvalue weighted by atomic mass is 10.2. The zero-order chi connectivity index (χ0) is 19.1. The van der Waals surface area contributed by atoms with Crippen LogP contribution in [0.3, 0.4) is 0 Å². The van der Waals surface area contributed by atoms with Crippen LogP contribution in [0.4, 0.5) is 0 Å². The lowest BCUT2D eigenvalue weighted by Crippen LogP contribution is -2.35. The predicted molar refractivity (Wildman–Crippen MR) is 107 cm³/mol. The van der Waals surface area contributed by atoms with E-state index in [2.05, 4.69) is 15.7 Å². The van der Waals surface area contributed by atoms with Crippen LogP contribution in [0.1, 0.15) is 25.7 Å². The van der Waals surface area contributed by atoms with Gasteiger partial charge in [0.1, 0.15) is 0 Å². The van der Waals surface area contributed by atoms with Crippen LogP contribution in [0.15, 0.2) is 35.3 Å². The lowest BCUT2D eigenvalue weighted by Gasteiger charge is -2.11. The van der Waals surface area contributed by atoms with Gasteiger partial charge in [-0.15, -0.1) is 11.8 Å². The minimum atomic E-state index is -0.166. The highest BCUT2D eigenvalue weighted by Gasteiger charge is 2.17. The summed E-state index contributed by atoms with van der Waals surface area (Å²) in [5, 5.41) is 11.3. The van der Waals surface area contributed by atoms with E-state index in [1.54, 1.807) is 12.3 Å². The van der Waals surface area contributed by atoms with Gasteiger partial charge in [-0.25, -0.2) is 4.68 Å². The van der Waals surface area contributed by atoms with Crippen molar-refractivity contribution in [3.63, 3.8) is 0 Å². The van der Waals surface area contributed by atoms with Crippen LogP contribution in [-0.4, -0.2) is 45.7 Å². The quantitative estimate of drug-likeness (QED) is 0.711. The van der Waals surface area contributed by atoms with E-state index < -0.39 is 0 Å². The molecule has 1 fully saturated rings. The van der Waals surface area contributed by atoms with Gasteiger partial charge in [0.2, 0.25) is 11.8 Å². The molecule has 1 heterocycles. The number of rotatable bonds is 8. The standard InChI is InChI=1S/C19H24N4O3S/c24-17(12-27-13-18(25)22-15-6-2-3-7-15)20-9-10-23-19(26)16-8-4-1-5-14(16)11-21-23/h1,4-5,8,11,15H,2-3,6-7,9-10,12-13H2,(H,20,24)(H,22,25). The first-order chi connectivity index (χ1) is 13.1. The molecule has 1 saturated carbocycles. The van der Waals surface area contributed by atoms with Crippen molar-refractivity contribution in [1.29, 1.82) is 0 Å². The molecule has 144 valence electrons. The summed E-state index contributed by atoms with van der Waals surface area (Å²) in [4.78, 5) is 36.0. The molecule has 1 aliphatic rings. The molecule has 0 radical (unpaired) electrons. The molecule has 2 aromatic rings. The van der Waals surface area contributed by atoms with Crippen molar-refractivity contribution >= 4 is 34.3 Å². The Hall–Kier alpha value is -2.35. The number of fused-ring (bicyclic) bond motifs is 1. The molecule has 1 aromatic heterocycles. The topological polar surface area (TPSA) is 93.1 Å². The van der Waals surface area contributed by atoms with Crippen LogP contribution in [0.2, 0.25) is 0 Å². The van der Waals surface area contributed by atoms with Crippen molar-refractivity contribution < 1.29 is 9.59 Å². The SMILES string of the molecule is O=C(CSCC(=O)NC1CCCC1)NCCn1ncc2ccccc2c1=O. The molecule has 7 nitrogen and oxygen atoms in total. The van der Waals surface area contributed by atoms with Crippen molar-refractivity contribution in [2.45, 2.75) is 38.3 Å². The Labute approximate surface area is 161 Å². The Kier molecular flexibility index (Phi) is 6.86. The number of amides is 2. The average molecular weight is 388 g/mol. The van der Waals surface area contributed by atoms with Crippen molar-refractivity contribution in [2.24, 2.45) is 0 Å². The fraction of sp³-hybridized carbons (Fsp3) is 0.474. The molecule has 2 amide bonds. The van der Waals surface area contributed by atoms with E-state index in [4.69, 9.17) is 0 Å². The van der Waals surface area contributed by atoms with Gasteiger partial charge < -0.3 is 10.6 Å². The summed E-state index contributed by atoms with van der Waals surface area (Å²) in [5.41, 5.74) is -0.166. The molecular weight excluding hydrogens is 364 g/mol. The number of carbonyl (C=O) groups is 2. The minimum absolute atomic E-state index is 0.00776. The molecular formula is C19H24N4O3S. The Bertz CT molecular complexity index is 861. The molecule has 0 unspecified atom stereocenters. The summed E-state index contributed by atoms with van der Waals surface area (Å²) < 4.78 is 1.35. The third-order valence-electron chi connectivity index (χ3n) is 4.59. The van der Waals surface area contributed by atoms with Crippen molar-refractivity contribution in [3.05, 3.63) is 40.8 Å². The van der Waals surface area contributed by atoms with Gasteiger partial charge in [0, 0.05) is 18.0 Å². The third-order valence-corrected chi connectivity index (χ3v) is 5.53. The molecule has 0 atom stereocenters. The molecule has 0 saturated heterocycles. The summed E-state index contributed by atoms with van der Waals surface area (Å²) in [6.45, 7) is 0.626. The van der Waals surface area contributed by atoms with E-state index in [-0.39, 0.29) is 28.9 Å². The highest BCUT2D eigenvalue weighted by molar-refractivity contribution is 8.00. The summed E-state index contributed by atoms with van der Waals surface area (Å²) >= 11 is 1.30. The number of benzene rings is 1. The molecule has 2 N–H and O–H groups in total. The predicted octanol–water partition coefficient (Wildman–Crippen LogP) is 1.30. The molecule has 27 heavy (non-hydrogen) atoms. The number of nitrogens with one attached hydrogen (secondary N) is 2. The maximum absolute atomic E-state index is 12.3. The van der Waals surface area contributed by atoms with Gasteiger partial charge in [-0.3, -0.25) is 14.4 Å². The van der Waals surface area contributed by atoms with E-state index in [0.717, 1.165) is 18.2 Å². The van der Waals surface area contributed by atoms with E-state index in [0.29, 0.717) is 24.5 Å². The Morgan fingerprint density at radius 1 is 1.15 bits per heavy atom. The van der Waals surface area contributed by atoms with Crippen LogP contribution in [0.5, 0.6) is 0 Å². The monoisotopic (exact) mass is 388 g/mol. The largest absolute Gasteiger partial charge is 0.354 e. The summed E-state index contributed by atoms with van der Waals surface area (Å²) in [6, 6.07) is 7.59. The molecule has 1 aliphatic carbocycles. The smallest absolute Gasteiger partial charge is 0.274 e. The van der Waals surface area contributed by atoms with Crippen LogP contribution in [-0.2, 0) is 16.1 Å². The van der Waals surface area contributed by atoms with E-state index in [1.807, 2.05) is 18.2 Å². The van der Waals surface area contributed by atoms with Crippen LogP contribution in [0, 0.1) is 0 Å². The fourth-order valence-electron chi connectivity index (χ4n) is 3.22. The minimum Gasteiger partial charge on any atom is -0.354 e. The summed E-state index contributed by atoms with van der Waals surface area (Å²) in [6.07, 6.45) is 6.11. The Morgan fingerprint density at radius 3 is 2.70 bits per heavy atom. The molecule has 0 bridgehead atoms. The Balaban J connectivity index is 1.36. The first-order valence-corrected chi connectivity index (χ1v) is 10.4. The summed E-state index contributed by atoms with van der Waals surface area (Å²) in [5.74, 6) is 0.349. The van der Waals surface area contributed by atoms with Gasteiger partial charge in [-0.05, 0) is 18.9 Å². The molecule has 3 rings (SSSR count). The molecule has 0 spiro atoms. The van der Waals surface area contributed by atoms with E-state index in [9.17, 15) is 14.4 Å². The highest BCUT2D eigenvalue weighted by Crippen LogP contribution is 2.17. The number of nitrogens with zero attached hydrogens (tertiary/aromatic N) is 2. The van der Waals surface area contributed by atoms with Gasteiger partial charge >= 0.3 is 0 Å². The fourth-order valence-corrected chi connectivity index (χ4v) is 3.87. The zero-order valence-corrected chi connectivity index (χ0v) is 16.0. The van der Waals surface area contributed by atoms with Crippen molar-refractivity contribution in [1.82, 2.24) is 20.4 Å². The van der Waals surface area contributed by atoms with Crippen LogP contribution in [0.25, 0.3) is 10.8 Å². The highest BCUT2D eigenvalue weighted by atomic mass is 32.2. The molecule has 1 aromatic carbocycles. The van der Waals surface area contributed by atoms with Gasteiger partial charge in [-0.2, -0.15) is 5.10 Å². The van der Waals surface area contributed by atoms with Crippen molar-refractivity contribution in [2.75, 3.05) is 18.1 Å². The third kappa shape index (κ3) is 5.56. The molecule has 8 heteroatoms. The first kappa shape index (κ1) is 19.4. The maximum Gasteiger partial charge on any atom is 0.274 e. The normalized spacial score (nSPS) is 14.4. The second-order valence-corrected chi connectivity index (χ2v) is 7.64. The van der Waals surface area contributed by atoms with Crippen molar-refractivity contribution in [3.8, 4) is 0 Å². The number of aromatic nitrogens is 2. The number of hydrogen-bond acceptors (Lipinski definition) is 5. The van der Waals surface area contributed by atoms with Crippen LogP contribution < -0.4 is 16.2 Å². The molecule has 0 aliphatic heterocycles. The van der Waals surface area contributed by atoms with E-state index in [1.165, 1.54) is 29.3 Å². The van der Waals surface area contributed by atoms with E-state index >= 15 is 0 Å². The van der Waals surface area contributed by atoms with Crippen LogP contribution >= 0.6 is 11.8 Å². The van der Waals surface area contributed by atoms with Gasteiger partial charge in [0.15, 0.2) is 0 Å². The second-order valence-electron chi connectivity index (χ2n) is 6.65. The summed E-state index contributed by atoms with van der Waals surface area (Å²) in [7, 11) is 0. The number of carbonyl (C=O) groups excluding carboxylic acids is 2. The second kappa shape index (κ2) is 9.55. The lowest BCUT2D eigenvalue weighted by molar-refractivity contribution is -0.119. The number of thioether (sulfide) groups is 1. The Morgan fingerprint density at radius 2 is 1.89 bits per heavy atom.